The van der Waals surface area contributed by atoms with Crippen molar-refractivity contribution in [1.82, 2.24) is 9.88 Å². The molecule has 4 heteroatoms. The molecule has 3 aromatic carbocycles. The molecule has 1 aliphatic carbocycles. The molecular weight excluding hydrogens is 408 g/mol. The summed E-state index contributed by atoms with van der Waals surface area (Å²) in [4.78, 5) is 12.5. The fourth-order valence-corrected chi connectivity index (χ4v) is 5.10. The number of nitrogens with zero attached hydrogens (tertiary/aromatic N) is 1. The zero-order valence-electron chi connectivity index (χ0n) is 18.6. The van der Waals surface area contributed by atoms with Crippen molar-refractivity contribution in [2.45, 2.75) is 38.4 Å². The molecule has 5 rings (SSSR count). The molecule has 166 valence electrons. The van der Waals surface area contributed by atoms with Gasteiger partial charge in [0.1, 0.15) is 5.69 Å². The first-order chi connectivity index (χ1) is 16.2. The van der Waals surface area contributed by atoms with Crippen molar-refractivity contribution in [2.24, 2.45) is 0 Å². The van der Waals surface area contributed by atoms with Crippen LogP contribution in [0.2, 0.25) is 0 Å². The van der Waals surface area contributed by atoms with Crippen LogP contribution in [-0.2, 0) is 19.5 Å². The number of rotatable bonds is 7. The Labute approximate surface area is 194 Å². The summed E-state index contributed by atoms with van der Waals surface area (Å²) in [5, 5.41) is 14.9. The molecule has 0 amide bonds. The number of aryl methyl sites for hydroxylation is 1. The van der Waals surface area contributed by atoms with Gasteiger partial charge >= 0.3 is 5.97 Å². The molecule has 1 aliphatic rings. The third-order valence-electron chi connectivity index (χ3n) is 6.73. The van der Waals surface area contributed by atoms with Crippen LogP contribution in [0.1, 0.15) is 57.2 Å². The van der Waals surface area contributed by atoms with Gasteiger partial charge < -0.3 is 15.0 Å². The quantitative estimate of drug-likeness (QED) is 0.363. The molecule has 0 aliphatic heterocycles. The van der Waals surface area contributed by atoms with Crippen molar-refractivity contribution >= 4 is 22.9 Å². The van der Waals surface area contributed by atoms with E-state index in [1.54, 1.807) is 0 Å². The number of benzene rings is 3. The number of hydrogen-bond acceptors (Lipinski definition) is 2. The summed E-state index contributed by atoms with van der Waals surface area (Å²) in [5.74, 6) is -0.894. The Hall–Kier alpha value is -3.63. The molecule has 1 aromatic heterocycles. The Kier molecular flexibility index (Phi) is 5.84. The van der Waals surface area contributed by atoms with Crippen LogP contribution in [0.3, 0.4) is 0 Å². The maximum absolute atomic E-state index is 12.5. The van der Waals surface area contributed by atoms with Gasteiger partial charge in [-0.3, -0.25) is 0 Å². The highest BCUT2D eigenvalue weighted by atomic mass is 16.4. The van der Waals surface area contributed by atoms with E-state index in [9.17, 15) is 9.90 Å². The monoisotopic (exact) mass is 436 g/mol. The summed E-state index contributed by atoms with van der Waals surface area (Å²) in [5.41, 5.74) is 7.00. The SMILES string of the molecule is C=Cc1ccc(Cn2c(C(=O)O)c(CNC3CCCc4ccccc43)c3ccccc32)cc1. The molecule has 2 N–H and O–H groups in total. The lowest BCUT2D eigenvalue weighted by Crippen LogP contribution is -2.25. The van der Waals surface area contributed by atoms with Gasteiger partial charge in [0.2, 0.25) is 0 Å². The number of hydrogen-bond donors (Lipinski definition) is 2. The van der Waals surface area contributed by atoms with Crippen LogP contribution in [0.15, 0.2) is 79.4 Å². The van der Waals surface area contributed by atoms with Crippen molar-refractivity contribution in [3.05, 3.63) is 113 Å². The number of carbonyl (C=O) groups is 1. The second-order valence-corrected chi connectivity index (χ2v) is 8.71. The van der Waals surface area contributed by atoms with Crippen molar-refractivity contribution in [3.63, 3.8) is 0 Å². The van der Waals surface area contributed by atoms with Crippen molar-refractivity contribution < 1.29 is 9.90 Å². The summed E-state index contributed by atoms with van der Waals surface area (Å²) in [6.45, 7) is 4.83. The van der Waals surface area contributed by atoms with Gasteiger partial charge in [-0.15, -0.1) is 0 Å². The average molecular weight is 437 g/mol. The average Bonchev–Trinajstić information content (AvgIpc) is 3.16. The zero-order valence-corrected chi connectivity index (χ0v) is 18.6. The fraction of sp³-hybridized carbons (Fsp3) is 0.207. The molecule has 4 aromatic rings. The molecule has 0 fully saturated rings. The smallest absolute Gasteiger partial charge is 0.352 e. The minimum absolute atomic E-state index is 0.241. The second kappa shape index (κ2) is 9.08. The lowest BCUT2D eigenvalue weighted by Gasteiger charge is -2.26. The standard InChI is InChI=1S/C29H28N2O2/c1-2-20-14-16-21(17-15-20)19-31-27-13-6-5-11-24(27)25(28(31)29(32)33)18-30-26-12-7-9-22-8-3-4-10-23(22)26/h2-6,8,10-11,13-17,26,30H,1,7,9,12,18-19H2,(H,32,33). The third-order valence-corrected chi connectivity index (χ3v) is 6.73. The van der Waals surface area contributed by atoms with Crippen molar-refractivity contribution in [1.29, 1.82) is 0 Å². The lowest BCUT2D eigenvalue weighted by molar-refractivity contribution is 0.0684. The predicted octanol–water partition coefficient (Wildman–Crippen LogP) is 6.20. The first-order valence-electron chi connectivity index (χ1n) is 11.5. The van der Waals surface area contributed by atoms with Crippen LogP contribution in [0.25, 0.3) is 17.0 Å². The maximum Gasteiger partial charge on any atom is 0.352 e. The van der Waals surface area contributed by atoms with Gasteiger partial charge in [-0.25, -0.2) is 4.79 Å². The van der Waals surface area contributed by atoms with Crippen LogP contribution in [0, 0.1) is 0 Å². The van der Waals surface area contributed by atoms with Gasteiger partial charge in [-0.1, -0.05) is 79.4 Å². The topological polar surface area (TPSA) is 54.3 Å². The van der Waals surface area contributed by atoms with Gasteiger partial charge in [-0.05, 0) is 47.6 Å². The number of fused-ring (bicyclic) bond motifs is 2. The van der Waals surface area contributed by atoms with Crippen LogP contribution in [0.5, 0.6) is 0 Å². The largest absolute Gasteiger partial charge is 0.477 e. The molecule has 0 saturated carbocycles. The Bertz CT molecular complexity index is 1320. The van der Waals surface area contributed by atoms with Crippen LogP contribution in [0.4, 0.5) is 0 Å². The number of para-hydroxylation sites is 1. The zero-order chi connectivity index (χ0) is 22.8. The molecule has 33 heavy (non-hydrogen) atoms. The third kappa shape index (κ3) is 4.10. The summed E-state index contributed by atoms with van der Waals surface area (Å²) in [7, 11) is 0. The summed E-state index contributed by atoms with van der Waals surface area (Å²) in [6.07, 6.45) is 5.13. The lowest BCUT2D eigenvalue weighted by atomic mass is 9.87. The van der Waals surface area contributed by atoms with Crippen molar-refractivity contribution in [2.75, 3.05) is 0 Å². The Balaban J connectivity index is 1.52. The van der Waals surface area contributed by atoms with Crippen molar-refractivity contribution in [3.8, 4) is 0 Å². The van der Waals surface area contributed by atoms with Gasteiger partial charge in [0.05, 0.1) is 0 Å². The molecule has 0 bridgehead atoms. The summed E-state index contributed by atoms with van der Waals surface area (Å²) in [6, 6.07) is 24.9. The number of aromatic carboxylic acids is 1. The molecule has 1 atom stereocenters. The fourth-order valence-electron chi connectivity index (χ4n) is 5.10. The van der Waals surface area contributed by atoms with Gasteiger partial charge in [0.15, 0.2) is 0 Å². The predicted molar refractivity (Wildman–Crippen MR) is 133 cm³/mol. The van der Waals surface area contributed by atoms with Gasteiger partial charge in [0, 0.05) is 35.6 Å². The highest BCUT2D eigenvalue weighted by Gasteiger charge is 2.24. The van der Waals surface area contributed by atoms with E-state index in [0.717, 1.165) is 46.9 Å². The number of nitrogens with one attached hydrogen (secondary N) is 1. The normalized spacial score (nSPS) is 15.3. The summed E-state index contributed by atoms with van der Waals surface area (Å²) >= 11 is 0. The summed E-state index contributed by atoms with van der Waals surface area (Å²) < 4.78 is 1.94. The number of carboxylic acids is 1. The van der Waals surface area contributed by atoms with E-state index in [1.807, 2.05) is 59.2 Å². The van der Waals surface area contributed by atoms with E-state index in [0.29, 0.717) is 18.8 Å². The van der Waals surface area contributed by atoms with Crippen LogP contribution in [-0.4, -0.2) is 15.6 Å². The van der Waals surface area contributed by atoms with Gasteiger partial charge in [-0.2, -0.15) is 0 Å². The molecule has 0 radical (unpaired) electrons. The Morgan fingerprint density at radius 1 is 1.06 bits per heavy atom. The number of carboxylic acid groups (broad SMARTS) is 1. The maximum atomic E-state index is 12.5. The van der Waals surface area contributed by atoms with E-state index in [2.05, 4.69) is 36.2 Å². The molecule has 0 saturated heterocycles. The van der Waals surface area contributed by atoms with Crippen LogP contribution >= 0.6 is 0 Å². The second-order valence-electron chi connectivity index (χ2n) is 8.71. The minimum Gasteiger partial charge on any atom is -0.477 e. The first-order valence-corrected chi connectivity index (χ1v) is 11.5. The van der Waals surface area contributed by atoms with E-state index >= 15 is 0 Å². The van der Waals surface area contributed by atoms with E-state index < -0.39 is 5.97 Å². The molecule has 1 heterocycles. The molecule has 4 nitrogen and oxygen atoms in total. The minimum atomic E-state index is -0.894. The first kappa shape index (κ1) is 21.2. The van der Waals surface area contributed by atoms with E-state index in [-0.39, 0.29) is 6.04 Å². The van der Waals surface area contributed by atoms with E-state index in [1.165, 1.54) is 11.1 Å². The molecule has 0 spiro atoms. The Morgan fingerprint density at radius 3 is 2.61 bits per heavy atom. The van der Waals surface area contributed by atoms with Gasteiger partial charge in [0.25, 0.3) is 0 Å². The molecular formula is C29H28N2O2. The Morgan fingerprint density at radius 2 is 1.82 bits per heavy atom. The highest BCUT2D eigenvalue weighted by Crippen LogP contribution is 2.32. The highest BCUT2D eigenvalue weighted by molar-refractivity contribution is 5.98. The van der Waals surface area contributed by atoms with Crippen LogP contribution < -0.4 is 5.32 Å². The number of aromatic nitrogens is 1. The van der Waals surface area contributed by atoms with E-state index in [4.69, 9.17) is 0 Å². The molecule has 1 unspecified atom stereocenters.